The normalized spacial score (nSPS) is 27.1. The Bertz CT molecular complexity index is 429. The van der Waals surface area contributed by atoms with Gasteiger partial charge < -0.3 is 14.9 Å². The zero-order chi connectivity index (χ0) is 15.3. The van der Waals surface area contributed by atoms with Crippen molar-refractivity contribution in [1.82, 2.24) is 4.90 Å². The number of rotatable bonds is 5. The van der Waals surface area contributed by atoms with Crippen molar-refractivity contribution in [3.63, 3.8) is 0 Å². The number of amides is 1. The Balaban J connectivity index is 2.98. The van der Waals surface area contributed by atoms with Crippen molar-refractivity contribution in [2.45, 2.75) is 45.6 Å². The maximum Gasteiger partial charge on any atom is 0.225 e. The van der Waals surface area contributed by atoms with Crippen LogP contribution in [0.5, 0.6) is 0 Å². The fraction of sp³-hybridized carbons (Fsp3) is 0.571. The lowest BCUT2D eigenvalue weighted by molar-refractivity contribution is -0.138. The molecule has 1 aliphatic heterocycles. The summed E-state index contributed by atoms with van der Waals surface area (Å²) in [5, 5.41) is 18.8. The molecular formula is C14H21NO5. The Labute approximate surface area is 118 Å². The van der Waals surface area contributed by atoms with Gasteiger partial charge in [0.25, 0.3) is 0 Å². The number of carbonyl (C=O) groups excluding carboxylic acids is 2. The first kappa shape index (κ1) is 16.6. The molecule has 0 saturated carbocycles. The third-order valence-electron chi connectivity index (χ3n) is 3.09. The Morgan fingerprint density at radius 2 is 2.05 bits per heavy atom. The molecule has 1 rings (SSSR count). The van der Waals surface area contributed by atoms with Gasteiger partial charge in [-0.1, -0.05) is 12.2 Å². The maximum atomic E-state index is 11.7. The van der Waals surface area contributed by atoms with Gasteiger partial charge in [-0.25, -0.2) is 0 Å². The molecule has 6 nitrogen and oxygen atoms in total. The number of carbonyl (C=O) groups is 2. The van der Waals surface area contributed by atoms with Crippen LogP contribution in [0, 0.1) is 0 Å². The van der Waals surface area contributed by atoms with Gasteiger partial charge in [0.2, 0.25) is 5.91 Å². The van der Waals surface area contributed by atoms with E-state index in [1.54, 1.807) is 19.1 Å². The number of Topliss-reactive ketones (excluding diaryl/α,β-unsaturated/α-hetero) is 1. The molecule has 0 unspecified atom stereocenters. The van der Waals surface area contributed by atoms with E-state index < -0.39 is 18.4 Å². The second-order valence-electron chi connectivity index (χ2n) is 4.68. The maximum absolute atomic E-state index is 11.7. The van der Waals surface area contributed by atoms with Crippen molar-refractivity contribution < 1.29 is 24.5 Å². The van der Waals surface area contributed by atoms with E-state index in [1.807, 2.05) is 0 Å². The lowest BCUT2D eigenvalue weighted by Crippen LogP contribution is -2.35. The summed E-state index contributed by atoms with van der Waals surface area (Å²) < 4.78 is 5.43. The lowest BCUT2D eigenvalue weighted by atomic mass is 10.1. The molecule has 0 aromatic carbocycles. The summed E-state index contributed by atoms with van der Waals surface area (Å²) >= 11 is 0. The van der Waals surface area contributed by atoms with Gasteiger partial charge in [-0.3, -0.25) is 14.5 Å². The summed E-state index contributed by atoms with van der Waals surface area (Å²) in [6, 6.07) is 0. The number of aliphatic hydroxyl groups excluding tert-OH is 2. The molecule has 1 amide bonds. The minimum atomic E-state index is -0.831. The monoisotopic (exact) mass is 283 g/mol. The molecule has 0 aromatic rings. The molecule has 0 bridgehead atoms. The van der Waals surface area contributed by atoms with Crippen molar-refractivity contribution in [1.29, 1.82) is 0 Å². The van der Waals surface area contributed by atoms with E-state index in [9.17, 15) is 14.7 Å². The number of nitrogens with zero attached hydrogens (tertiary/aromatic N) is 1. The van der Waals surface area contributed by atoms with Crippen molar-refractivity contribution in [2.24, 2.45) is 0 Å². The van der Waals surface area contributed by atoms with E-state index in [0.29, 0.717) is 5.57 Å². The number of hydrogen-bond donors (Lipinski definition) is 2. The Morgan fingerprint density at radius 3 is 2.45 bits per heavy atom. The molecule has 2 N–H and O–H groups in total. The molecule has 6 heteroatoms. The Morgan fingerprint density at radius 1 is 1.40 bits per heavy atom. The van der Waals surface area contributed by atoms with Gasteiger partial charge >= 0.3 is 0 Å². The van der Waals surface area contributed by atoms with Gasteiger partial charge in [-0.15, -0.1) is 0 Å². The van der Waals surface area contributed by atoms with Crippen molar-refractivity contribution in [2.75, 3.05) is 6.61 Å². The smallest absolute Gasteiger partial charge is 0.225 e. The van der Waals surface area contributed by atoms with E-state index in [-0.39, 0.29) is 24.7 Å². The predicted molar refractivity (Wildman–Crippen MR) is 72.5 cm³/mol. The summed E-state index contributed by atoms with van der Waals surface area (Å²) in [6.07, 6.45) is 2.70. The quantitative estimate of drug-likeness (QED) is 0.561. The molecular weight excluding hydrogens is 262 g/mol. The van der Waals surface area contributed by atoms with Crippen LogP contribution in [-0.2, 0) is 14.3 Å². The van der Waals surface area contributed by atoms with Gasteiger partial charge in [-0.05, 0) is 13.8 Å². The highest BCUT2D eigenvalue weighted by Gasteiger charge is 2.37. The second-order valence-corrected chi connectivity index (χ2v) is 4.68. The Hall–Kier alpha value is -1.50. The largest absolute Gasteiger partial charge is 0.394 e. The van der Waals surface area contributed by atoms with Crippen LogP contribution in [0.15, 0.2) is 23.9 Å². The average molecular weight is 283 g/mol. The minimum absolute atomic E-state index is 0.174. The van der Waals surface area contributed by atoms with Crippen LogP contribution in [0.25, 0.3) is 0 Å². The number of allylic oxidation sites excluding steroid dienone is 3. The topological polar surface area (TPSA) is 87.1 Å². The zero-order valence-corrected chi connectivity index (χ0v) is 11.9. The fourth-order valence-corrected chi connectivity index (χ4v) is 2.01. The first-order valence-electron chi connectivity index (χ1n) is 6.49. The highest BCUT2D eigenvalue weighted by molar-refractivity contribution is 5.96. The molecule has 0 radical (unpaired) electrons. The summed E-state index contributed by atoms with van der Waals surface area (Å²) in [7, 11) is 0. The molecule has 1 heterocycles. The highest BCUT2D eigenvalue weighted by atomic mass is 16.5. The summed E-state index contributed by atoms with van der Waals surface area (Å²) in [6.45, 7) is 4.21. The molecule has 20 heavy (non-hydrogen) atoms. The number of aliphatic hydroxyl groups is 2. The van der Waals surface area contributed by atoms with E-state index in [1.165, 1.54) is 24.9 Å². The van der Waals surface area contributed by atoms with E-state index >= 15 is 0 Å². The van der Waals surface area contributed by atoms with Crippen LogP contribution in [0.3, 0.4) is 0 Å². The van der Waals surface area contributed by atoms with Crippen molar-refractivity contribution in [3.05, 3.63) is 23.9 Å². The molecule has 0 aliphatic carbocycles. The third kappa shape index (κ3) is 4.00. The van der Waals surface area contributed by atoms with Gasteiger partial charge in [0.15, 0.2) is 5.78 Å². The molecule has 112 valence electrons. The van der Waals surface area contributed by atoms with Crippen LogP contribution in [-0.4, -0.2) is 51.8 Å². The highest BCUT2D eigenvalue weighted by Crippen LogP contribution is 2.24. The van der Waals surface area contributed by atoms with Gasteiger partial charge in [0.1, 0.15) is 12.3 Å². The summed E-state index contributed by atoms with van der Waals surface area (Å²) in [4.78, 5) is 24.5. The standard InChI is InChI=1S/C14H21NO5/c1-4-5-11(9(2)17)7-15(10(3)18)14-6-12(19)13(8-16)20-14/h4-5,7,12-14,16,19H,6,8H2,1-3H3/b5-4+,11-7-/t12-,13+,14+/m0/s1. The zero-order valence-electron chi connectivity index (χ0n) is 11.9. The molecule has 1 fully saturated rings. The number of ether oxygens (including phenoxy) is 1. The number of hydrogen-bond acceptors (Lipinski definition) is 5. The molecule has 0 spiro atoms. The molecule has 1 aliphatic rings. The average Bonchev–Trinajstić information content (AvgIpc) is 2.74. The molecule has 1 saturated heterocycles. The first-order valence-corrected chi connectivity index (χ1v) is 6.49. The van der Waals surface area contributed by atoms with E-state index in [2.05, 4.69) is 0 Å². The van der Waals surface area contributed by atoms with Crippen LogP contribution < -0.4 is 0 Å². The fourth-order valence-electron chi connectivity index (χ4n) is 2.01. The SMILES string of the molecule is C/C=C/C(=C/N(C(C)=O)[C@H]1C[C@H](O)[C@@H](CO)O1)C(C)=O. The van der Waals surface area contributed by atoms with E-state index in [0.717, 1.165) is 0 Å². The summed E-state index contributed by atoms with van der Waals surface area (Å²) in [5.41, 5.74) is 0.369. The Kier molecular flexibility index (Phi) is 6.06. The summed E-state index contributed by atoms with van der Waals surface area (Å²) in [5.74, 6) is -0.476. The van der Waals surface area contributed by atoms with Crippen molar-refractivity contribution >= 4 is 11.7 Å². The van der Waals surface area contributed by atoms with Gasteiger partial charge in [0.05, 0.1) is 12.7 Å². The second kappa shape index (κ2) is 7.33. The van der Waals surface area contributed by atoms with Gasteiger partial charge in [0, 0.05) is 25.1 Å². The first-order chi connectivity index (χ1) is 9.40. The molecule has 3 atom stereocenters. The van der Waals surface area contributed by atoms with E-state index in [4.69, 9.17) is 9.84 Å². The third-order valence-corrected chi connectivity index (χ3v) is 3.09. The molecule has 0 aromatic heterocycles. The van der Waals surface area contributed by atoms with Crippen LogP contribution >= 0.6 is 0 Å². The van der Waals surface area contributed by atoms with Gasteiger partial charge in [-0.2, -0.15) is 0 Å². The predicted octanol–water partition coefficient (Wildman–Crippen LogP) is 0.352. The van der Waals surface area contributed by atoms with Crippen molar-refractivity contribution in [3.8, 4) is 0 Å². The lowest BCUT2D eigenvalue weighted by Gasteiger charge is -2.24. The number of ketones is 1. The van der Waals surface area contributed by atoms with Crippen LogP contribution in [0.4, 0.5) is 0 Å². The van der Waals surface area contributed by atoms with Crippen LogP contribution in [0.2, 0.25) is 0 Å². The minimum Gasteiger partial charge on any atom is -0.394 e. The van der Waals surface area contributed by atoms with Crippen LogP contribution in [0.1, 0.15) is 27.2 Å².